The highest BCUT2D eigenvalue weighted by Gasteiger charge is 2.28. The maximum absolute atomic E-state index is 13.0. The average Bonchev–Trinajstić information content (AvgIpc) is 3.10. The number of alkyl halides is 2. The molecule has 28 heavy (non-hydrogen) atoms. The number of nitrogens with one attached hydrogen (secondary N) is 1. The fourth-order valence-corrected chi connectivity index (χ4v) is 3.90. The Hall–Kier alpha value is -2.51. The van der Waals surface area contributed by atoms with Crippen LogP contribution in [0.2, 0.25) is 5.02 Å². The maximum Gasteiger partial charge on any atom is 0.283 e. The lowest BCUT2D eigenvalue weighted by Gasteiger charge is -2.14. The van der Waals surface area contributed by atoms with Crippen LogP contribution < -0.4 is 5.32 Å². The lowest BCUT2D eigenvalue weighted by molar-refractivity contribution is -0.119. The van der Waals surface area contributed by atoms with Crippen LogP contribution >= 0.6 is 22.9 Å². The molecule has 0 aromatic carbocycles. The topological polar surface area (TPSA) is 91.0 Å². The molecule has 2 aromatic rings. The van der Waals surface area contributed by atoms with E-state index >= 15 is 0 Å². The summed E-state index contributed by atoms with van der Waals surface area (Å²) < 4.78 is 27.1. The SMILES string of the molecule is Cc1c(C(=O)N(C)C)sc(NC(=O)[C@H](C)n2nc(C(F)F)c(Cl)c2C)c1C#N. The Kier molecular flexibility index (Phi) is 6.41. The van der Waals surface area contributed by atoms with Gasteiger partial charge in [-0.2, -0.15) is 10.4 Å². The number of amides is 2. The second-order valence-corrected chi connectivity index (χ2v) is 7.67. The summed E-state index contributed by atoms with van der Waals surface area (Å²) in [6.45, 7) is 4.57. The van der Waals surface area contributed by atoms with Crippen LogP contribution in [0.3, 0.4) is 0 Å². The molecule has 0 saturated heterocycles. The highest BCUT2D eigenvalue weighted by Crippen LogP contribution is 2.34. The van der Waals surface area contributed by atoms with Gasteiger partial charge in [0.2, 0.25) is 5.91 Å². The summed E-state index contributed by atoms with van der Waals surface area (Å²) in [5, 5.41) is 15.8. The van der Waals surface area contributed by atoms with Gasteiger partial charge in [0.1, 0.15) is 22.8 Å². The van der Waals surface area contributed by atoms with Gasteiger partial charge in [0, 0.05) is 14.1 Å². The Morgan fingerprint density at radius 2 is 1.96 bits per heavy atom. The maximum atomic E-state index is 13.0. The standard InChI is InChI=1S/C17H18ClF2N5O2S/c1-7-10(6-21)16(28-13(7)17(27)24(4)5)22-15(26)9(3)25-8(2)11(18)12(23-25)14(19)20/h9,14H,1-5H3,(H,22,26)/t9-/m0/s1. The highest BCUT2D eigenvalue weighted by molar-refractivity contribution is 7.18. The van der Waals surface area contributed by atoms with E-state index < -0.39 is 24.1 Å². The van der Waals surface area contributed by atoms with Crippen molar-refractivity contribution in [2.45, 2.75) is 33.2 Å². The van der Waals surface area contributed by atoms with Gasteiger partial charge >= 0.3 is 0 Å². The number of hydrogen-bond acceptors (Lipinski definition) is 5. The van der Waals surface area contributed by atoms with Crippen molar-refractivity contribution in [1.29, 1.82) is 5.26 Å². The highest BCUT2D eigenvalue weighted by atomic mass is 35.5. The van der Waals surface area contributed by atoms with Crippen molar-refractivity contribution < 1.29 is 18.4 Å². The Morgan fingerprint density at radius 3 is 2.43 bits per heavy atom. The number of carbonyl (C=O) groups excluding carboxylic acids is 2. The van der Waals surface area contributed by atoms with Crippen LogP contribution in [0.25, 0.3) is 0 Å². The number of aromatic nitrogens is 2. The van der Waals surface area contributed by atoms with Crippen molar-refractivity contribution in [3.8, 4) is 6.07 Å². The van der Waals surface area contributed by atoms with Crippen LogP contribution in [-0.4, -0.2) is 40.6 Å². The Morgan fingerprint density at radius 1 is 1.36 bits per heavy atom. The molecule has 0 radical (unpaired) electrons. The molecule has 0 aliphatic carbocycles. The molecule has 2 heterocycles. The summed E-state index contributed by atoms with van der Waals surface area (Å²) in [5.74, 6) is -0.867. The quantitative estimate of drug-likeness (QED) is 0.779. The van der Waals surface area contributed by atoms with E-state index in [0.717, 1.165) is 16.0 Å². The first-order valence-electron chi connectivity index (χ1n) is 8.09. The molecule has 0 aliphatic heterocycles. The molecule has 0 fully saturated rings. The number of nitrogens with zero attached hydrogens (tertiary/aromatic N) is 4. The number of nitriles is 1. The molecule has 1 atom stereocenters. The Bertz CT molecular complexity index is 977. The number of anilines is 1. The van der Waals surface area contributed by atoms with Gasteiger partial charge in [0.15, 0.2) is 0 Å². The Labute approximate surface area is 169 Å². The van der Waals surface area contributed by atoms with E-state index in [2.05, 4.69) is 10.4 Å². The zero-order valence-corrected chi connectivity index (χ0v) is 17.4. The molecule has 2 aromatic heterocycles. The van der Waals surface area contributed by atoms with Gasteiger partial charge in [-0.1, -0.05) is 11.6 Å². The molecule has 150 valence electrons. The number of thiophene rings is 1. The van der Waals surface area contributed by atoms with Crippen molar-refractivity contribution in [3.63, 3.8) is 0 Å². The third-order valence-corrected chi connectivity index (χ3v) is 5.81. The normalized spacial score (nSPS) is 12.0. The molecule has 2 amide bonds. The van der Waals surface area contributed by atoms with Gasteiger partial charge in [-0.15, -0.1) is 11.3 Å². The number of hydrogen-bond donors (Lipinski definition) is 1. The van der Waals surface area contributed by atoms with Gasteiger partial charge in [0.05, 0.1) is 21.2 Å². The zero-order valence-electron chi connectivity index (χ0n) is 15.8. The summed E-state index contributed by atoms with van der Waals surface area (Å²) in [5.41, 5.74) is 0.278. The van der Waals surface area contributed by atoms with Crippen molar-refractivity contribution in [2.24, 2.45) is 0 Å². The van der Waals surface area contributed by atoms with Crippen molar-refractivity contribution in [2.75, 3.05) is 19.4 Å². The first-order valence-corrected chi connectivity index (χ1v) is 9.29. The predicted octanol–water partition coefficient (Wildman–Crippen LogP) is 3.93. The molecule has 2 rings (SSSR count). The molecular weight excluding hydrogens is 412 g/mol. The predicted molar refractivity (Wildman–Crippen MR) is 102 cm³/mol. The molecule has 0 spiro atoms. The van der Waals surface area contributed by atoms with Crippen molar-refractivity contribution in [1.82, 2.24) is 14.7 Å². The lowest BCUT2D eigenvalue weighted by atomic mass is 10.1. The zero-order chi connectivity index (χ0) is 21.3. The molecule has 1 N–H and O–H groups in total. The van der Waals surface area contributed by atoms with Crippen molar-refractivity contribution >= 4 is 39.8 Å². The molecule has 11 heteroatoms. The van der Waals surface area contributed by atoms with Crippen molar-refractivity contribution in [3.05, 3.63) is 32.4 Å². The molecule has 7 nitrogen and oxygen atoms in total. The number of halogens is 3. The van der Waals surface area contributed by atoms with Crippen LogP contribution in [0.4, 0.5) is 13.8 Å². The molecular formula is C17H18ClF2N5O2S. The van der Waals surface area contributed by atoms with Gasteiger partial charge in [-0.25, -0.2) is 8.78 Å². The minimum atomic E-state index is -2.87. The van der Waals surface area contributed by atoms with Crippen LogP contribution in [0.5, 0.6) is 0 Å². The first-order chi connectivity index (χ1) is 13.0. The summed E-state index contributed by atoms with van der Waals surface area (Å²) in [4.78, 5) is 26.6. The van der Waals surface area contributed by atoms with Crippen LogP contribution in [0.15, 0.2) is 0 Å². The fourth-order valence-electron chi connectivity index (χ4n) is 2.51. The molecule has 0 aliphatic rings. The smallest absolute Gasteiger partial charge is 0.283 e. The summed E-state index contributed by atoms with van der Waals surface area (Å²) in [6, 6.07) is 1.02. The van der Waals surface area contributed by atoms with E-state index in [1.807, 2.05) is 6.07 Å². The third kappa shape index (κ3) is 3.86. The van der Waals surface area contributed by atoms with E-state index in [1.54, 1.807) is 21.0 Å². The van der Waals surface area contributed by atoms with E-state index in [9.17, 15) is 23.6 Å². The second kappa shape index (κ2) is 8.24. The molecule has 0 unspecified atom stereocenters. The van der Waals surface area contributed by atoms with E-state index in [1.165, 1.54) is 18.7 Å². The van der Waals surface area contributed by atoms with E-state index in [4.69, 9.17) is 11.6 Å². The van der Waals surface area contributed by atoms with Crippen LogP contribution in [0.1, 0.15) is 51.6 Å². The summed E-state index contributed by atoms with van der Waals surface area (Å²) in [6.07, 6.45) is -2.87. The number of rotatable bonds is 5. The van der Waals surface area contributed by atoms with Gasteiger partial charge < -0.3 is 10.2 Å². The minimum Gasteiger partial charge on any atom is -0.344 e. The van der Waals surface area contributed by atoms with E-state index in [0.29, 0.717) is 10.4 Å². The van der Waals surface area contributed by atoms with Gasteiger partial charge in [-0.3, -0.25) is 14.3 Å². The van der Waals surface area contributed by atoms with Crippen LogP contribution in [-0.2, 0) is 4.79 Å². The van der Waals surface area contributed by atoms with Crippen LogP contribution in [0, 0.1) is 25.2 Å². The summed E-state index contributed by atoms with van der Waals surface area (Å²) in [7, 11) is 3.16. The monoisotopic (exact) mass is 429 g/mol. The average molecular weight is 430 g/mol. The number of carbonyl (C=O) groups is 2. The lowest BCUT2D eigenvalue weighted by Crippen LogP contribution is -2.25. The Balaban J connectivity index is 2.35. The van der Waals surface area contributed by atoms with E-state index in [-0.39, 0.29) is 27.2 Å². The van der Waals surface area contributed by atoms with Gasteiger partial charge in [0.25, 0.3) is 12.3 Å². The third-order valence-electron chi connectivity index (χ3n) is 4.15. The largest absolute Gasteiger partial charge is 0.344 e. The summed E-state index contributed by atoms with van der Waals surface area (Å²) >= 11 is 6.86. The fraction of sp³-hybridized carbons (Fsp3) is 0.412. The van der Waals surface area contributed by atoms with Gasteiger partial charge in [-0.05, 0) is 26.3 Å². The minimum absolute atomic E-state index is 0.180. The second-order valence-electron chi connectivity index (χ2n) is 6.27. The molecule has 0 bridgehead atoms. The first kappa shape index (κ1) is 21.8. The molecule has 0 saturated carbocycles.